The molecule has 0 aromatic carbocycles. The molecule has 1 fully saturated rings. The molecule has 1 aromatic heterocycles. The second-order valence-corrected chi connectivity index (χ2v) is 3.82. The number of nitrogens with zero attached hydrogens (tertiary/aromatic N) is 2. The number of rotatable bonds is 3. The SMILES string of the molecule is Cn1ccc(NC(=O)CC2CNCCO2)n1. The van der Waals surface area contributed by atoms with E-state index < -0.39 is 0 Å². The summed E-state index contributed by atoms with van der Waals surface area (Å²) in [5.41, 5.74) is 0. The van der Waals surface area contributed by atoms with Crippen molar-refractivity contribution in [3.63, 3.8) is 0 Å². The maximum absolute atomic E-state index is 11.6. The molecule has 2 rings (SSSR count). The van der Waals surface area contributed by atoms with Crippen LogP contribution in [0.4, 0.5) is 5.82 Å². The average molecular weight is 224 g/mol. The molecule has 1 unspecified atom stereocenters. The third kappa shape index (κ3) is 3.04. The highest BCUT2D eigenvalue weighted by Gasteiger charge is 2.17. The fourth-order valence-electron chi connectivity index (χ4n) is 1.63. The van der Waals surface area contributed by atoms with E-state index in [0.717, 1.165) is 13.1 Å². The highest BCUT2D eigenvalue weighted by atomic mass is 16.5. The molecule has 0 radical (unpaired) electrons. The largest absolute Gasteiger partial charge is 0.375 e. The molecule has 1 aromatic rings. The number of amides is 1. The van der Waals surface area contributed by atoms with Crippen LogP contribution in [0.2, 0.25) is 0 Å². The molecule has 1 amide bonds. The molecule has 0 aliphatic carbocycles. The van der Waals surface area contributed by atoms with E-state index in [2.05, 4.69) is 15.7 Å². The van der Waals surface area contributed by atoms with Gasteiger partial charge in [-0.3, -0.25) is 9.48 Å². The van der Waals surface area contributed by atoms with Crippen LogP contribution in [0.5, 0.6) is 0 Å². The van der Waals surface area contributed by atoms with Gasteiger partial charge in [-0.2, -0.15) is 5.10 Å². The second kappa shape index (κ2) is 5.09. The zero-order valence-corrected chi connectivity index (χ0v) is 9.27. The van der Waals surface area contributed by atoms with Gasteiger partial charge in [0.05, 0.1) is 19.1 Å². The van der Waals surface area contributed by atoms with Gasteiger partial charge in [-0.25, -0.2) is 0 Å². The molecule has 88 valence electrons. The van der Waals surface area contributed by atoms with Gasteiger partial charge in [-0.15, -0.1) is 0 Å². The standard InChI is InChI=1S/C10H16N4O2/c1-14-4-2-9(13-14)12-10(15)6-8-7-11-3-5-16-8/h2,4,8,11H,3,5-7H2,1H3,(H,12,13,15). The van der Waals surface area contributed by atoms with Crippen molar-refractivity contribution < 1.29 is 9.53 Å². The minimum atomic E-state index is -0.0626. The zero-order valence-electron chi connectivity index (χ0n) is 9.27. The van der Waals surface area contributed by atoms with E-state index >= 15 is 0 Å². The molecule has 6 heteroatoms. The third-order valence-electron chi connectivity index (χ3n) is 2.40. The number of anilines is 1. The molecule has 2 heterocycles. The van der Waals surface area contributed by atoms with E-state index in [1.54, 1.807) is 16.9 Å². The number of carbonyl (C=O) groups is 1. The molecule has 6 nitrogen and oxygen atoms in total. The number of nitrogens with one attached hydrogen (secondary N) is 2. The number of ether oxygens (including phenoxy) is 1. The predicted molar refractivity (Wildman–Crippen MR) is 59.1 cm³/mol. The van der Waals surface area contributed by atoms with Crippen molar-refractivity contribution >= 4 is 11.7 Å². The topological polar surface area (TPSA) is 68.2 Å². The molecule has 1 aliphatic rings. The van der Waals surface area contributed by atoms with Gasteiger partial charge in [-0.1, -0.05) is 0 Å². The summed E-state index contributed by atoms with van der Waals surface area (Å²) in [6.07, 6.45) is 2.12. The van der Waals surface area contributed by atoms with Crippen LogP contribution in [0, 0.1) is 0 Å². The Bertz CT molecular complexity index is 357. The Labute approximate surface area is 94.0 Å². The molecule has 2 N–H and O–H groups in total. The van der Waals surface area contributed by atoms with Crippen LogP contribution in [-0.4, -0.2) is 41.5 Å². The summed E-state index contributed by atoms with van der Waals surface area (Å²) in [4.78, 5) is 11.6. The van der Waals surface area contributed by atoms with Crippen LogP contribution in [0.25, 0.3) is 0 Å². The van der Waals surface area contributed by atoms with Gasteiger partial charge in [0.25, 0.3) is 0 Å². The molecule has 1 atom stereocenters. The van der Waals surface area contributed by atoms with Gasteiger partial charge in [0.2, 0.25) is 5.91 Å². The predicted octanol–water partition coefficient (Wildman–Crippen LogP) is -0.263. The lowest BCUT2D eigenvalue weighted by Gasteiger charge is -2.22. The van der Waals surface area contributed by atoms with Gasteiger partial charge >= 0.3 is 0 Å². The maximum Gasteiger partial charge on any atom is 0.228 e. The summed E-state index contributed by atoms with van der Waals surface area (Å²) >= 11 is 0. The summed E-state index contributed by atoms with van der Waals surface area (Å²) in [7, 11) is 1.81. The van der Waals surface area contributed by atoms with Gasteiger partial charge in [-0.05, 0) is 0 Å². The summed E-state index contributed by atoms with van der Waals surface area (Å²) in [5, 5.41) is 9.99. The van der Waals surface area contributed by atoms with E-state index in [0.29, 0.717) is 18.8 Å². The summed E-state index contributed by atoms with van der Waals surface area (Å²) in [5.74, 6) is 0.517. The fraction of sp³-hybridized carbons (Fsp3) is 0.600. The first-order chi connectivity index (χ1) is 7.74. The van der Waals surface area contributed by atoms with Gasteiger partial charge in [0.15, 0.2) is 5.82 Å². The molecule has 16 heavy (non-hydrogen) atoms. The Morgan fingerprint density at radius 1 is 1.81 bits per heavy atom. The van der Waals surface area contributed by atoms with Crippen LogP contribution in [0.1, 0.15) is 6.42 Å². The second-order valence-electron chi connectivity index (χ2n) is 3.82. The van der Waals surface area contributed by atoms with Crippen LogP contribution >= 0.6 is 0 Å². The Morgan fingerprint density at radius 3 is 3.31 bits per heavy atom. The normalized spacial score (nSPS) is 20.7. The highest BCUT2D eigenvalue weighted by molar-refractivity contribution is 5.90. The molecule has 1 aliphatic heterocycles. The number of carbonyl (C=O) groups excluding carboxylic acids is 1. The van der Waals surface area contributed by atoms with Crippen molar-refractivity contribution in [1.29, 1.82) is 0 Å². The van der Waals surface area contributed by atoms with Gasteiger partial charge < -0.3 is 15.4 Å². The van der Waals surface area contributed by atoms with Crippen molar-refractivity contribution in [3.05, 3.63) is 12.3 Å². The first kappa shape index (κ1) is 11.1. The van der Waals surface area contributed by atoms with Gasteiger partial charge in [0.1, 0.15) is 0 Å². The quantitative estimate of drug-likeness (QED) is 0.742. The highest BCUT2D eigenvalue weighted by Crippen LogP contribution is 2.05. The van der Waals surface area contributed by atoms with Crippen molar-refractivity contribution in [3.8, 4) is 0 Å². The number of hydrogen-bond acceptors (Lipinski definition) is 4. The van der Waals surface area contributed by atoms with Crippen molar-refractivity contribution in [2.24, 2.45) is 7.05 Å². The number of hydrogen-bond donors (Lipinski definition) is 2. The monoisotopic (exact) mass is 224 g/mol. The lowest BCUT2D eigenvalue weighted by molar-refractivity contribution is -0.119. The average Bonchev–Trinajstić information content (AvgIpc) is 2.65. The number of morpholine rings is 1. The first-order valence-corrected chi connectivity index (χ1v) is 5.36. The summed E-state index contributed by atoms with van der Waals surface area (Å²) < 4.78 is 7.09. The van der Waals surface area contributed by atoms with Crippen molar-refractivity contribution in [2.75, 3.05) is 25.0 Å². The van der Waals surface area contributed by atoms with E-state index in [1.165, 1.54) is 0 Å². The lowest BCUT2D eigenvalue weighted by Crippen LogP contribution is -2.40. The lowest BCUT2D eigenvalue weighted by atomic mass is 10.2. The Balaban J connectivity index is 1.79. The van der Waals surface area contributed by atoms with Crippen LogP contribution in [0.15, 0.2) is 12.3 Å². The Kier molecular flexibility index (Phi) is 3.53. The number of aryl methyl sites for hydroxylation is 1. The van der Waals surface area contributed by atoms with Gasteiger partial charge in [0, 0.05) is 32.4 Å². The molecular formula is C10H16N4O2. The van der Waals surface area contributed by atoms with Crippen LogP contribution in [0.3, 0.4) is 0 Å². The molecule has 0 bridgehead atoms. The summed E-state index contributed by atoms with van der Waals surface area (Å²) in [6.45, 7) is 2.26. The Hall–Kier alpha value is -1.40. The molecule has 0 spiro atoms. The van der Waals surface area contributed by atoms with E-state index in [1.807, 2.05) is 7.05 Å². The van der Waals surface area contributed by atoms with Crippen molar-refractivity contribution in [1.82, 2.24) is 15.1 Å². The molecule has 1 saturated heterocycles. The third-order valence-corrected chi connectivity index (χ3v) is 2.40. The van der Waals surface area contributed by atoms with Crippen LogP contribution < -0.4 is 10.6 Å². The minimum Gasteiger partial charge on any atom is -0.375 e. The van der Waals surface area contributed by atoms with Crippen LogP contribution in [-0.2, 0) is 16.6 Å². The Morgan fingerprint density at radius 2 is 2.69 bits per heavy atom. The van der Waals surface area contributed by atoms with Crippen molar-refractivity contribution in [2.45, 2.75) is 12.5 Å². The molecular weight excluding hydrogens is 208 g/mol. The summed E-state index contributed by atoms with van der Waals surface area (Å²) in [6, 6.07) is 1.76. The van der Waals surface area contributed by atoms with E-state index in [4.69, 9.17) is 4.74 Å². The fourth-order valence-corrected chi connectivity index (χ4v) is 1.63. The minimum absolute atomic E-state index is 0.0301. The first-order valence-electron chi connectivity index (χ1n) is 5.36. The van der Waals surface area contributed by atoms with E-state index in [-0.39, 0.29) is 12.0 Å². The molecule has 0 saturated carbocycles. The maximum atomic E-state index is 11.6. The van der Waals surface area contributed by atoms with E-state index in [9.17, 15) is 4.79 Å². The number of aromatic nitrogens is 2. The zero-order chi connectivity index (χ0) is 11.4. The smallest absolute Gasteiger partial charge is 0.228 e.